The number of H-pyrrole nitrogens is 1. The first kappa shape index (κ1) is 17.6. The number of ether oxygens (including phenoxy) is 1. The molecule has 8 heteroatoms. The summed E-state index contributed by atoms with van der Waals surface area (Å²) in [4.78, 5) is 12.7. The molecule has 0 unspecified atom stereocenters. The number of benzene rings is 2. The second-order valence-electron chi connectivity index (χ2n) is 5.38. The number of tetrazole rings is 1. The maximum Gasteiger partial charge on any atom is 0.204 e. The van der Waals surface area contributed by atoms with E-state index >= 15 is 0 Å². The molecule has 0 amide bonds. The van der Waals surface area contributed by atoms with Gasteiger partial charge in [0.15, 0.2) is 0 Å². The van der Waals surface area contributed by atoms with Crippen LogP contribution >= 0.6 is 0 Å². The first-order chi connectivity index (χ1) is 11.8. The largest absolute Gasteiger partial charge is 0.494 e. The van der Waals surface area contributed by atoms with Gasteiger partial charge in [0.2, 0.25) is 11.3 Å². The number of nitrogens with zero attached hydrogens (tertiary/aromatic N) is 3. The van der Waals surface area contributed by atoms with Gasteiger partial charge in [0.05, 0.1) is 17.4 Å². The van der Waals surface area contributed by atoms with Crippen molar-refractivity contribution in [2.24, 2.45) is 0 Å². The molecule has 0 atom stereocenters. The standard InChI is InChI=1S/C17H14N4O3.Na/c1-2-7-23-11-4-6-14-13(9-11)16(22)12-5-3-10(8-15(12)24-14)17-18-20-21-19-17;/h3-6,8-9H,2,7H2,1H3,(H,18,19,20,21);. The zero-order valence-electron chi connectivity index (χ0n) is 13.9. The van der Waals surface area contributed by atoms with Crippen LogP contribution in [0.25, 0.3) is 33.3 Å². The normalized spacial score (nSPS) is 10.8. The van der Waals surface area contributed by atoms with Crippen LogP contribution < -0.4 is 10.2 Å². The molecule has 25 heavy (non-hydrogen) atoms. The van der Waals surface area contributed by atoms with Crippen molar-refractivity contribution in [2.45, 2.75) is 13.3 Å². The van der Waals surface area contributed by atoms with Crippen molar-refractivity contribution in [3.8, 4) is 17.1 Å². The summed E-state index contributed by atoms with van der Waals surface area (Å²) in [6, 6.07) is 10.5. The molecule has 7 nitrogen and oxygen atoms in total. The first-order valence-electron chi connectivity index (χ1n) is 7.63. The monoisotopic (exact) mass is 345 g/mol. The first-order valence-corrected chi connectivity index (χ1v) is 7.63. The Kier molecular flexibility index (Phi) is 5.17. The number of aromatic amines is 1. The molecule has 4 rings (SSSR count). The van der Waals surface area contributed by atoms with Gasteiger partial charge in [-0.05, 0) is 42.0 Å². The smallest absolute Gasteiger partial charge is 0.204 e. The summed E-state index contributed by atoms with van der Waals surface area (Å²) >= 11 is 0. The second kappa shape index (κ2) is 7.35. The number of aromatic nitrogens is 4. The zero-order valence-corrected chi connectivity index (χ0v) is 15.9. The van der Waals surface area contributed by atoms with Gasteiger partial charge in [-0.15, -0.1) is 10.2 Å². The van der Waals surface area contributed by atoms with Gasteiger partial charge in [0.1, 0.15) is 16.9 Å². The van der Waals surface area contributed by atoms with Crippen molar-refractivity contribution in [2.75, 3.05) is 6.61 Å². The van der Waals surface area contributed by atoms with Crippen molar-refractivity contribution < 1.29 is 9.15 Å². The minimum absolute atomic E-state index is 0. The van der Waals surface area contributed by atoms with Gasteiger partial charge in [-0.3, -0.25) is 4.79 Å². The van der Waals surface area contributed by atoms with Crippen LogP contribution in [-0.4, -0.2) is 56.8 Å². The van der Waals surface area contributed by atoms with E-state index in [0.717, 1.165) is 12.0 Å². The molecule has 4 aromatic rings. The van der Waals surface area contributed by atoms with Gasteiger partial charge in [-0.2, -0.15) is 5.21 Å². The molecule has 1 N–H and O–H groups in total. The molecule has 0 aliphatic heterocycles. The fourth-order valence-corrected chi connectivity index (χ4v) is 2.57. The third kappa shape index (κ3) is 3.30. The molecule has 0 saturated heterocycles. The fourth-order valence-electron chi connectivity index (χ4n) is 2.57. The number of nitrogens with one attached hydrogen (secondary N) is 1. The second-order valence-corrected chi connectivity index (χ2v) is 5.38. The van der Waals surface area contributed by atoms with Crippen molar-refractivity contribution >= 4 is 51.5 Å². The summed E-state index contributed by atoms with van der Waals surface area (Å²) in [5.41, 5.74) is 1.63. The Morgan fingerprint density at radius 3 is 2.76 bits per heavy atom. The average molecular weight is 345 g/mol. The number of rotatable bonds is 4. The van der Waals surface area contributed by atoms with Crippen LogP contribution in [0.1, 0.15) is 13.3 Å². The Labute approximate surface area is 164 Å². The van der Waals surface area contributed by atoms with E-state index in [0.29, 0.717) is 40.1 Å². The van der Waals surface area contributed by atoms with Crippen molar-refractivity contribution in [1.29, 1.82) is 0 Å². The van der Waals surface area contributed by atoms with Gasteiger partial charge in [0, 0.05) is 35.1 Å². The molecule has 121 valence electrons. The quantitative estimate of drug-likeness (QED) is 0.451. The third-order valence-corrected chi connectivity index (χ3v) is 3.72. The summed E-state index contributed by atoms with van der Waals surface area (Å²) in [5.74, 6) is 1.11. The Morgan fingerprint density at radius 2 is 2.00 bits per heavy atom. The number of fused-ring (bicyclic) bond motifs is 2. The van der Waals surface area contributed by atoms with E-state index in [2.05, 4.69) is 20.6 Å². The van der Waals surface area contributed by atoms with Gasteiger partial charge in [0.25, 0.3) is 0 Å². The fraction of sp³-hybridized carbons (Fsp3) is 0.176. The predicted octanol–water partition coefficient (Wildman–Crippen LogP) is 2.53. The van der Waals surface area contributed by atoms with Crippen LogP contribution in [-0.2, 0) is 0 Å². The molecule has 0 bridgehead atoms. The summed E-state index contributed by atoms with van der Waals surface area (Å²) in [7, 11) is 0. The van der Waals surface area contributed by atoms with E-state index in [-0.39, 0.29) is 35.0 Å². The molecule has 2 aromatic carbocycles. The molecular formula is C17H14N4NaO3. The Hall–Kier alpha value is -2.22. The summed E-state index contributed by atoms with van der Waals surface area (Å²) in [6.07, 6.45) is 0.906. The Bertz CT molecular complexity index is 1080. The average Bonchev–Trinajstić information content (AvgIpc) is 3.14. The summed E-state index contributed by atoms with van der Waals surface area (Å²) in [5, 5.41) is 14.8. The van der Waals surface area contributed by atoms with Gasteiger partial charge in [-0.25, -0.2) is 0 Å². The number of hydrogen-bond acceptors (Lipinski definition) is 6. The minimum Gasteiger partial charge on any atom is -0.494 e. The predicted molar refractivity (Wildman–Crippen MR) is 94.7 cm³/mol. The van der Waals surface area contributed by atoms with Crippen LogP contribution in [0.3, 0.4) is 0 Å². The van der Waals surface area contributed by atoms with Crippen LogP contribution in [0.15, 0.2) is 45.6 Å². The third-order valence-electron chi connectivity index (χ3n) is 3.72. The van der Waals surface area contributed by atoms with Crippen molar-refractivity contribution in [1.82, 2.24) is 20.6 Å². The van der Waals surface area contributed by atoms with E-state index in [1.807, 2.05) is 6.92 Å². The molecule has 2 aromatic heterocycles. The maximum atomic E-state index is 12.7. The Balaban J connectivity index is 0.00000182. The molecule has 0 aliphatic carbocycles. The molecule has 1 radical (unpaired) electrons. The molecule has 0 saturated carbocycles. The topological polar surface area (TPSA) is 93.9 Å². The van der Waals surface area contributed by atoms with Crippen LogP contribution in [0.5, 0.6) is 5.75 Å². The van der Waals surface area contributed by atoms with E-state index in [1.165, 1.54) is 0 Å². The Morgan fingerprint density at radius 1 is 1.12 bits per heavy atom. The van der Waals surface area contributed by atoms with Crippen molar-refractivity contribution in [3.63, 3.8) is 0 Å². The molecule has 0 spiro atoms. The maximum absolute atomic E-state index is 12.7. The minimum atomic E-state index is -0.0899. The molecular weight excluding hydrogens is 331 g/mol. The number of hydrogen-bond donors (Lipinski definition) is 1. The zero-order chi connectivity index (χ0) is 16.5. The van der Waals surface area contributed by atoms with Gasteiger partial charge < -0.3 is 9.15 Å². The molecule has 0 fully saturated rings. The van der Waals surface area contributed by atoms with Gasteiger partial charge >= 0.3 is 0 Å². The summed E-state index contributed by atoms with van der Waals surface area (Å²) < 4.78 is 11.5. The van der Waals surface area contributed by atoms with Gasteiger partial charge in [-0.1, -0.05) is 13.0 Å². The SMILES string of the molecule is CCCOc1ccc2oc3cc(-c4nn[nH]n4)ccc3c(=O)c2c1.[Na]. The van der Waals surface area contributed by atoms with E-state index in [1.54, 1.807) is 36.4 Å². The van der Waals surface area contributed by atoms with Crippen LogP contribution in [0.4, 0.5) is 0 Å². The molecule has 2 heterocycles. The van der Waals surface area contributed by atoms with Crippen LogP contribution in [0.2, 0.25) is 0 Å². The summed E-state index contributed by atoms with van der Waals surface area (Å²) in [6.45, 7) is 2.64. The van der Waals surface area contributed by atoms with Crippen LogP contribution in [0, 0.1) is 0 Å². The van der Waals surface area contributed by atoms with E-state index < -0.39 is 0 Å². The molecule has 0 aliphatic rings. The van der Waals surface area contributed by atoms with E-state index in [9.17, 15) is 4.79 Å². The van der Waals surface area contributed by atoms with Crippen molar-refractivity contribution in [3.05, 3.63) is 46.6 Å². The van der Waals surface area contributed by atoms with E-state index in [4.69, 9.17) is 9.15 Å².